The van der Waals surface area contributed by atoms with Gasteiger partial charge in [-0.1, -0.05) is 5.16 Å². The smallest absolute Gasteiger partial charge is 0.410 e. The maximum Gasteiger partial charge on any atom is 0.410 e. The second-order valence-corrected chi connectivity index (χ2v) is 7.24. The van der Waals surface area contributed by atoms with Gasteiger partial charge in [-0.05, 0) is 39.5 Å². The maximum atomic E-state index is 12.2. The van der Waals surface area contributed by atoms with Crippen LogP contribution in [-0.2, 0) is 11.2 Å². The molecule has 8 heteroatoms. The van der Waals surface area contributed by atoms with Gasteiger partial charge in [0.2, 0.25) is 11.7 Å². The van der Waals surface area contributed by atoms with Crippen molar-refractivity contribution in [3.05, 3.63) is 24.5 Å². The Morgan fingerprint density at radius 2 is 2.24 bits per heavy atom. The third-order valence-electron chi connectivity index (χ3n) is 3.89. The van der Waals surface area contributed by atoms with Crippen LogP contribution in [0.1, 0.15) is 39.5 Å². The molecule has 2 aromatic rings. The molecule has 0 aliphatic carbocycles. The Morgan fingerprint density at radius 1 is 1.40 bits per heavy atom. The van der Waals surface area contributed by atoms with Crippen LogP contribution in [0.4, 0.5) is 4.79 Å². The lowest BCUT2D eigenvalue weighted by atomic mass is 9.95. The summed E-state index contributed by atoms with van der Waals surface area (Å²) in [5, 5.41) is 3.96. The van der Waals surface area contributed by atoms with Gasteiger partial charge in [-0.3, -0.25) is 4.98 Å². The molecule has 2 aromatic heterocycles. The first-order valence-corrected chi connectivity index (χ1v) is 8.47. The van der Waals surface area contributed by atoms with Crippen molar-refractivity contribution in [2.75, 3.05) is 13.1 Å². The molecular formula is C17H23N5O3. The van der Waals surface area contributed by atoms with Crippen LogP contribution in [0, 0.1) is 5.92 Å². The van der Waals surface area contributed by atoms with Gasteiger partial charge in [0.15, 0.2) is 0 Å². The van der Waals surface area contributed by atoms with Crippen LogP contribution in [0.5, 0.6) is 0 Å². The van der Waals surface area contributed by atoms with Crippen LogP contribution in [0.15, 0.2) is 23.1 Å². The fourth-order valence-electron chi connectivity index (χ4n) is 2.83. The predicted molar refractivity (Wildman–Crippen MR) is 89.6 cm³/mol. The van der Waals surface area contributed by atoms with Crippen LogP contribution >= 0.6 is 0 Å². The summed E-state index contributed by atoms with van der Waals surface area (Å²) in [6, 6.07) is 0. The van der Waals surface area contributed by atoms with Crippen molar-refractivity contribution in [3.63, 3.8) is 0 Å². The number of rotatable bonds is 3. The normalized spacial score (nSPS) is 18.2. The molecule has 3 heterocycles. The van der Waals surface area contributed by atoms with Gasteiger partial charge in [-0.2, -0.15) is 4.98 Å². The first-order chi connectivity index (χ1) is 11.9. The van der Waals surface area contributed by atoms with Crippen molar-refractivity contribution in [2.45, 2.75) is 45.6 Å². The number of aromatic nitrogens is 4. The van der Waals surface area contributed by atoms with E-state index in [1.807, 2.05) is 20.8 Å². The summed E-state index contributed by atoms with van der Waals surface area (Å²) < 4.78 is 10.8. The molecular weight excluding hydrogens is 322 g/mol. The number of amides is 1. The molecule has 0 spiro atoms. The summed E-state index contributed by atoms with van der Waals surface area (Å²) in [6.45, 7) is 6.98. The van der Waals surface area contributed by atoms with E-state index in [1.165, 1.54) is 0 Å². The Morgan fingerprint density at radius 3 is 2.96 bits per heavy atom. The summed E-state index contributed by atoms with van der Waals surface area (Å²) in [6.07, 6.45) is 7.11. The highest BCUT2D eigenvalue weighted by Gasteiger charge is 2.28. The van der Waals surface area contributed by atoms with Crippen molar-refractivity contribution in [1.29, 1.82) is 0 Å². The molecule has 0 radical (unpaired) electrons. The zero-order chi connectivity index (χ0) is 17.9. The summed E-state index contributed by atoms with van der Waals surface area (Å²) in [7, 11) is 0. The lowest BCUT2D eigenvalue weighted by Gasteiger charge is -2.33. The molecule has 0 bridgehead atoms. The van der Waals surface area contributed by atoms with E-state index in [2.05, 4.69) is 20.1 Å². The van der Waals surface area contributed by atoms with Gasteiger partial charge in [-0.25, -0.2) is 9.78 Å². The van der Waals surface area contributed by atoms with E-state index in [0.29, 0.717) is 30.4 Å². The number of nitrogens with zero attached hydrogens (tertiary/aromatic N) is 5. The average Bonchev–Trinajstić information content (AvgIpc) is 3.03. The molecule has 1 atom stereocenters. The van der Waals surface area contributed by atoms with Crippen LogP contribution in [0.3, 0.4) is 0 Å². The first kappa shape index (κ1) is 17.3. The summed E-state index contributed by atoms with van der Waals surface area (Å²) in [5.74, 6) is 1.26. The van der Waals surface area contributed by atoms with Crippen molar-refractivity contribution >= 4 is 6.09 Å². The Hall–Kier alpha value is -2.51. The molecule has 1 aliphatic rings. The van der Waals surface area contributed by atoms with E-state index in [0.717, 1.165) is 19.4 Å². The molecule has 0 N–H and O–H groups in total. The highest BCUT2D eigenvalue weighted by Crippen LogP contribution is 2.23. The van der Waals surface area contributed by atoms with Gasteiger partial charge in [0, 0.05) is 31.9 Å². The molecule has 3 rings (SSSR count). The average molecular weight is 345 g/mol. The van der Waals surface area contributed by atoms with Crippen LogP contribution in [0.25, 0.3) is 11.5 Å². The molecule has 0 saturated carbocycles. The SMILES string of the molecule is CC(C)(C)OC(=O)N1CCC[C@H](Cc2nc(-c3cnccn3)no2)C1. The number of carbonyl (C=O) groups is 1. The van der Waals surface area contributed by atoms with Crippen LogP contribution in [0.2, 0.25) is 0 Å². The molecule has 1 saturated heterocycles. The number of hydrogen-bond donors (Lipinski definition) is 0. The quantitative estimate of drug-likeness (QED) is 0.844. The molecule has 0 unspecified atom stereocenters. The van der Waals surface area contributed by atoms with E-state index in [-0.39, 0.29) is 12.0 Å². The summed E-state index contributed by atoms with van der Waals surface area (Å²) in [5.41, 5.74) is 0.0961. The van der Waals surface area contributed by atoms with E-state index in [9.17, 15) is 4.79 Å². The lowest BCUT2D eigenvalue weighted by Crippen LogP contribution is -2.43. The second kappa shape index (κ2) is 7.16. The number of ether oxygens (including phenoxy) is 1. The van der Waals surface area contributed by atoms with E-state index in [4.69, 9.17) is 9.26 Å². The fourth-order valence-corrected chi connectivity index (χ4v) is 2.83. The monoisotopic (exact) mass is 345 g/mol. The van der Waals surface area contributed by atoms with Gasteiger partial charge in [0.1, 0.15) is 11.3 Å². The number of hydrogen-bond acceptors (Lipinski definition) is 7. The summed E-state index contributed by atoms with van der Waals surface area (Å²) >= 11 is 0. The molecule has 134 valence electrons. The fraction of sp³-hybridized carbons (Fsp3) is 0.588. The highest BCUT2D eigenvalue weighted by molar-refractivity contribution is 5.68. The van der Waals surface area contributed by atoms with Crippen LogP contribution in [-0.4, -0.2) is 49.8 Å². The van der Waals surface area contributed by atoms with E-state index in [1.54, 1.807) is 23.5 Å². The van der Waals surface area contributed by atoms with E-state index >= 15 is 0 Å². The molecule has 1 aliphatic heterocycles. The van der Waals surface area contributed by atoms with Gasteiger partial charge >= 0.3 is 6.09 Å². The zero-order valence-corrected chi connectivity index (χ0v) is 14.8. The van der Waals surface area contributed by atoms with Gasteiger partial charge in [0.25, 0.3) is 0 Å². The minimum absolute atomic E-state index is 0.261. The van der Waals surface area contributed by atoms with Crippen LogP contribution < -0.4 is 0 Å². The third-order valence-corrected chi connectivity index (χ3v) is 3.89. The van der Waals surface area contributed by atoms with Crippen molar-refractivity contribution in [2.24, 2.45) is 5.92 Å². The molecule has 1 amide bonds. The minimum atomic E-state index is -0.484. The molecule has 1 fully saturated rings. The maximum absolute atomic E-state index is 12.2. The van der Waals surface area contributed by atoms with Gasteiger partial charge in [0.05, 0.1) is 6.20 Å². The third kappa shape index (κ3) is 4.74. The Labute approximate surface area is 146 Å². The Bertz CT molecular complexity index is 711. The van der Waals surface area contributed by atoms with Crippen molar-refractivity contribution in [3.8, 4) is 11.5 Å². The van der Waals surface area contributed by atoms with Crippen molar-refractivity contribution < 1.29 is 14.1 Å². The van der Waals surface area contributed by atoms with Gasteiger partial charge in [-0.15, -0.1) is 0 Å². The lowest BCUT2D eigenvalue weighted by molar-refractivity contribution is 0.0162. The van der Waals surface area contributed by atoms with E-state index < -0.39 is 5.60 Å². The standard InChI is InChI=1S/C17H23N5O3/c1-17(2,3)24-16(23)22-8-4-5-12(11-22)9-14-20-15(21-25-14)13-10-18-6-7-19-13/h6-7,10,12H,4-5,8-9,11H2,1-3H3/t12-/m1/s1. The minimum Gasteiger partial charge on any atom is -0.444 e. The highest BCUT2D eigenvalue weighted by atomic mass is 16.6. The first-order valence-electron chi connectivity index (χ1n) is 8.47. The summed E-state index contributed by atoms with van der Waals surface area (Å²) in [4.78, 5) is 26.6. The van der Waals surface area contributed by atoms with Crippen molar-refractivity contribution in [1.82, 2.24) is 25.0 Å². The number of piperidine rings is 1. The Kier molecular flexibility index (Phi) is 4.96. The second-order valence-electron chi connectivity index (χ2n) is 7.24. The molecule has 25 heavy (non-hydrogen) atoms. The largest absolute Gasteiger partial charge is 0.444 e. The molecule has 0 aromatic carbocycles. The predicted octanol–water partition coefficient (Wildman–Crippen LogP) is 2.72. The number of likely N-dealkylation sites (tertiary alicyclic amines) is 1. The topological polar surface area (TPSA) is 94.2 Å². The number of carbonyl (C=O) groups excluding carboxylic acids is 1. The Balaban J connectivity index is 1.60. The van der Waals surface area contributed by atoms with Gasteiger partial charge < -0.3 is 14.2 Å². The zero-order valence-electron chi connectivity index (χ0n) is 14.8. The molecule has 8 nitrogen and oxygen atoms in total.